The second-order valence-electron chi connectivity index (χ2n) is 6.64. The highest BCUT2D eigenvalue weighted by atomic mass is 35.5. The number of hydrogen-bond donors (Lipinski definition) is 0. The largest absolute Gasteiger partial charge is 0.367 e. The molecule has 4 rings (SSSR count). The molecule has 6 heteroatoms. The molecule has 1 unspecified atom stereocenters. The monoisotopic (exact) mass is 407 g/mol. The summed E-state index contributed by atoms with van der Waals surface area (Å²) in [6.07, 6.45) is 1.64. The van der Waals surface area contributed by atoms with Crippen LogP contribution >= 0.6 is 11.6 Å². The van der Waals surface area contributed by atoms with Gasteiger partial charge in [-0.05, 0) is 23.3 Å². The Morgan fingerprint density at radius 3 is 2.41 bits per heavy atom. The Kier molecular flexibility index (Phi) is 5.98. The lowest BCUT2D eigenvalue weighted by Gasteiger charge is -2.19. The van der Waals surface area contributed by atoms with Crippen molar-refractivity contribution in [2.75, 3.05) is 0 Å². The number of nitrogens with zero attached hydrogens (tertiary/aromatic N) is 3. The van der Waals surface area contributed by atoms with Gasteiger partial charge in [0.1, 0.15) is 17.6 Å². The summed E-state index contributed by atoms with van der Waals surface area (Å²) in [5, 5.41) is 8.87. The van der Waals surface area contributed by atoms with Gasteiger partial charge in [-0.3, -0.25) is 0 Å². The molecule has 1 aromatic heterocycles. The molecule has 4 aromatic rings. The highest BCUT2D eigenvalue weighted by Gasteiger charge is 2.16. The van der Waals surface area contributed by atoms with Gasteiger partial charge in [0, 0.05) is 10.6 Å². The lowest BCUT2D eigenvalue weighted by Crippen LogP contribution is -2.13. The van der Waals surface area contributed by atoms with Gasteiger partial charge in [0.05, 0.1) is 19.3 Å². The maximum absolute atomic E-state index is 13.3. The Hall–Kier alpha value is -3.02. The second kappa shape index (κ2) is 8.99. The van der Waals surface area contributed by atoms with E-state index < -0.39 is 0 Å². The van der Waals surface area contributed by atoms with Gasteiger partial charge in [-0.1, -0.05) is 83.5 Å². The molecule has 0 aliphatic carbocycles. The van der Waals surface area contributed by atoms with Crippen LogP contribution in [0.4, 0.5) is 4.39 Å². The first-order valence-electron chi connectivity index (χ1n) is 9.25. The fourth-order valence-electron chi connectivity index (χ4n) is 3.05. The van der Waals surface area contributed by atoms with Gasteiger partial charge in [-0.2, -0.15) is 0 Å². The minimum Gasteiger partial charge on any atom is -0.367 e. The summed E-state index contributed by atoms with van der Waals surface area (Å²) in [4.78, 5) is 0. The molecule has 0 fully saturated rings. The third-order valence-corrected chi connectivity index (χ3v) is 4.94. The molecule has 0 saturated heterocycles. The van der Waals surface area contributed by atoms with Crippen molar-refractivity contribution < 1.29 is 9.13 Å². The zero-order valence-corrected chi connectivity index (χ0v) is 16.3. The smallest absolute Gasteiger partial charge is 0.124 e. The van der Waals surface area contributed by atoms with Gasteiger partial charge in [-0.15, -0.1) is 5.10 Å². The first kappa shape index (κ1) is 19.3. The van der Waals surface area contributed by atoms with Crippen LogP contribution in [0.2, 0.25) is 5.02 Å². The van der Waals surface area contributed by atoms with Crippen molar-refractivity contribution in [1.82, 2.24) is 15.0 Å². The molecule has 0 aliphatic rings. The summed E-state index contributed by atoms with van der Waals surface area (Å²) >= 11 is 6.14. The zero-order chi connectivity index (χ0) is 20.1. The zero-order valence-electron chi connectivity index (χ0n) is 15.6. The van der Waals surface area contributed by atoms with E-state index in [1.807, 2.05) is 66.9 Å². The number of halogens is 2. The maximum Gasteiger partial charge on any atom is 0.124 e. The van der Waals surface area contributed by atoms with E-state index in [4.69, 9.17) is 16.3 Å². The molecule has 1 atom stereocenters. The van der Waals surface area contributed by atoms with Crippen LogP contribution < -0.4 is 0 Å². The quantitative estimate of drug-likeness (QED) is 0.394. The first-order chi connectivity index (χ1) is 14.2. The number of rotatable bonds is 7. The van der Waals surface area contributed by atoms with Crippen LogP contribution in [0.1, 0.15) is 17.2 Å². The molecule has 1 heterocycles. The third kappa shape index (κ3) is 4.88. The van der Waals surface area contributed by atoms with Crippen LogP contribution in [-0.4, -0.2) is 15.0 Å². The molecular formula is C23H19ClFN3O. The standard InChI is InChI=1S/C23H19ClFN3O/c24-21-13-20(25)12-11-19(21)16-29-23(18-9-5-2-6-10-18)15-28-14-22(26-27-28)17-7-3-1-4-8-17/h1-14,23H,15-16H2. The predicted octanol–water partition coefficient (Wildman–Crippen LogP) is 5.70. The molecule has 0 bridgehead atoms. The van der Waals surface area contributed by atoms with Crippen LogP contribution in [0.5, 0.6) is 0 Å². The van der Waals surface area contributed by atoms with E-state index in [1.54, 1.807) is 10.7 Å². The number of ether oxygens (including phenoxy) is 1. The summed E-state index contributed by atoms with van der Waals surface area (Å²) in [6.45, 7) is 0.752. The minimum absolute atomic E-state index is 0.261. The lowest BCUT2D eigenvalue weighted by atomic mass is 10.1. The molecule has 146 valence electrons. The van der Waals surface area contributed by atoms with Gasteiger partial charge in [-0.25, -0.2) is 9.07 Å². The average Bonchev–Trinajstić information content (AvgIpc) is 3.22. The summed E-state index contributed by atoms with van der Waals surface area (Å²) < 4.78 is 21.2. The number of hydrogen-bond acceptors (Lipinski definition) is 3. The molecule has 0 N–H and O–H groups in total. The third-order valence-electron chi connectivity index (χ3n) is 4.59. The van der Waals surface area contributed by atoms with Crippen LogP contribution in [0.15, 0.2) is 85.1 Å². The first-order valence-corrected chi connectivity index (χ1v) is 9.63. The van der Waals surface area contributed by atoms with Crippen molar-refractivity contribution in [3.8, 4) is 11.3 Å². The van der Waals surface area contributed by atoms with Gasteiger partial charge < -0.3 is 4.74 Å². The van der Waals surface area contributed by atoms with Gasteiger partial charge in [0.15, 0.2) is 0 Å². The van der Waals surface area contributed by atoms with Crippen LogP contribution in [0, 0.1) is 5.82 Å². The second-order valence-corrected chi connectivity index (χ2v) is 7.05. The number of aromatic nitrogens is 3. The van der Waals surface area contributed by atoms with E-state index in [-0.39, 0.29) is 18.5 Å². The van der Waals surface area contributed by atoms with E-state index in [9.17, 15) is 4.39 Å². The molecule has 0 spiro atoms. The topological polar surface area (TPSA) is 39.9 Å². The maximum atomic E-state index is 13.3. The molecule has 0 radical (unpaired) electrons. The fraction of sp³-hybridized carbons (Fsp3) is 0.130. The molecule has 3 aromatic carbocycles. The van der Waals surface area contributed by atoms with Gasteiger partial charge >= 0.3 is 0 Å². The molecular weight excluding hydrogens is 389 g/mol. The highest BCUT2D eigenvalue weighted by molar-refractivity contribution is 6.31. The van der Waals surface area contributed by atoms with Crippen molar-refractivity contribution in [3.63, 3.8) is 0 Å². The average molecular weight is 408 g/mol. The van der Waals surface area contributed by atoms with E-state index in [0.717, 1.165) is 22.4 Å². The van der Waals surface area contributed by atoms with Crippen LogP contribution in [0.25, 0.3) is 11.3 Å². The Bertz CT molecular complexity index is 1070. The predicted molar refractivity (Wildman–Crippen MR) is 111 cm³/mol. The summed E-state index contributed by atoms with van der Waals surface area (Å²) in [6, 6.07) is 24.1. The normalized spacial score (nSPS) is 12.1. The van der Waals surface area contributed by atoms with Crippen LogP contribution in [-0.2, 0) is 17.9 Å². The van der Waals surface area contributed by atoms with E-state index in [1.165, 1.54) is 12.1 Å². The summed E-state index contributed by atoms with van der Waals surface area (Å²) in [5.74, 6) is -0.366. The molecule has 0 amide bonds. The summed E-state index contributed by atoms with van der Waals surface area (Å²) in [5.41, 5.74) is 3.56. The van der Waals surface area contributed by atoms with Crippen molar-refractivity contribution in [3.05, 3.63) is 107 Å². The Balaban J connectivity index is 1.53. The van der Waals surface area contributed by atoms with Crippen molar-refractivity contribution in [2.24, 2.45) is 0 Å². The van der Waals surface area contributed by atoms with Gasteiger partial charge in [0.2, 0.25) is 0 Å². The molecule has 4 nitrogen and oxygen atoms in total. The Labute approximate surface area is 173 Å². The molecule has 0 aliphatic heterocycles. The van der Waals surface area contributed by atoms with E-state index in [0.29, 0.717) is 11.6 Å². The van der Waals surface area contributed by atoms with Crippen molar-refractivity contribution in [1.29, 1.82) is 0 Å². The molecule has 29 heavy (non-hydrogen) atoms. The molecule has 0 saturated carbocycles. The highest BCUT2D eigenvalue weighted by Crippen LogP contribution is 2.25. The van der Waals surface area contributed by atoms with Crippen LogP contribution in [0.3, 0.4) is 0 Å². The van der Waals surface area contributed by atoms with Gasteiger partial charge in [0.25, 0.3) is 0 Å². The SMILES string of the molecule is Fc1ccc(COC(Cn2cc(-c3ccccc3)nn2)c2ccccc2)c(Cl)c1. The summed E-state index contributed by atoms with van der Waals surface area (Å²) in [7, 11) is 0. The van der Waals surface area contributed by atoms with E-state index in [2.05, 4.69) is 10.3 Å². The van der Waals surface area contributed by atoms with E-state index >= 15 is 0 Å². The Morgan fingerprint density at radius 2 is 1.69 bits per heavy atom. The Morgan fingerprint density at radius 1 is 0.966 bits per heavy atom. The fourth-order valence-corrected chi connectivity index (χ4v) is 3.27. The minimum atomic E-state index is -0.366. The number of benzene rings is 3. The van der Waals surface area contributed by atoms with Crippen molar-refractivity contribution >= 4 is 11.6 Å². The lowest BCUT2D eigenvalue weighted by molar-refractivity contribution is 0.0254. The van der Waals surface area contributed by atoms with Crippen molar-refractivity contribution in [2.45, 2.75) is 19.3 Å².